The minimum atomic E-state index is 0.00162. The Morgan fingerprint density at radius 3 is 1.73 bits per heavy atom. The lowest BCUT2D eigenvalue weighted by Crippen LogP contribution is -2.36. The first-order chi connectivity index (χ1) is 14.2. The highest BCUT2D eigenvalue weighted by Crippen LogP contribution is 2.51. The highest BCUT2D eigenvalue weighted by molar-refractivity contribution is 7.22. The minimum Gasteiger partial charge on any atom is -0.375 e. The lowest BCUT2D eigenvalue weighted by molar-refractivity contribution is 0.146. The van der Waals surface area contributed by atoms with Crippen LogP contribution in [0.4, 0.5) is 10.3 Å². The van der Waals surface area contributed by atoms with Gasteiger partial charge < -0.3 is 11.5 Å². The predicted octanol–water partition coefficient (Wildman–Crippen LogP) is 6.59. The number of rotatable bonds is 2. The molecule has 4 aromatic rings. The van der Waals surface area contributed by atoms with Crippen molar-refractivity contribution in [2.75, 3.05) is 11.5 Å². The number of nitrogens with two attached hydrogens (primary N) is 2. The highest BCUT2D eigenvalue weighted by atomic mass is 32.1. The molecule has 5 rings (SSSR count). The van der Waals surface area contributed by atoms with Crippen LogP contribution in [-0.4, -0.2) is 9.97 Å². The number of nitrogens with zero attached hydrogens (tertiary/aromatic N) is 2. The molecule has 0 unspecified atom stereocenters. The van der Waals surface area contributed by atoms with Crippen LogP contribution in [0.3, 0.4) is 0 Å². The molecule has 1 saturated carbocycles. The maximum Gasteiger partial charge on any atom is 0.181 e. The van der Waals surface area contributed by atoms with Crippen molar-refractivity contribution in [1.29, 1.82) is 0 Å². The lowest BCUT2D eigenvalue weighted by atomic mass is 9.59. The van der Waals surface area contributed by atoms with E-state index in [1.807, 2.05) is 0 Å². The number of hydrogen-bond acceptors (Lipinski definition) is 6. The van der Waals surface area contributed by atoms with E-state index >= 15 is 0 Å². The van der Waals surface area contributed by atoms with Crippen LogP contribution < -0.4 is 11.5 Å². The quantitative estimate of drug-likeness (QED) is 0.371. The minimum absolute atomic E-state index is 0.00162. The van der Waals surface area contributed by atoms with Crippen molar-refractivity contribution in [2.45, 2.75) is 51.9 Å². The molecule has 1 fully saturated rings. The molecule has 2 aromatic carbocycles. The summed E-state index contributed by atoms with van der Waals surface area (Å²) >= 11 is 3.15. The molecule has 0 bridgehead atoms. The fraction of sp³-hybridized carbons (Fsp3) is 0.417. The van der Waals surface area contributed by atoms with Gasteiger partial charge in [0, 0.05) is 5.41 Å². The summed E-state index contributed by atoms with van der Waals surface area (Å²) in [6.45, 7) is 7.13. The summed E-state index contributed by atoms with van der Waals surface area (Å²) in [5.41, 5.74) is 17.1. The van der Waals surface area contributed by atoms with Crippen molar-refractivity contribution >= 4 is 53.4 Å². The Morgan fingerprint density at radius 1 is 0.833 bits per heavy atom. The van der Waals surface area contributed by atoms with Gasteiger partial charge in [0.2, 0.25) is 0 Å². The zero-order chi connectivity index (χ0) is 21.1. The molecule has 0 atom stereocenters. The van der Waals surface area contributed by atoms with Gasteiger partial charge in [0.1, 0.15) is 0 Å². The first kappa shape index (κ1) is 19.8. The molecule has 4 N–H and O–H groups in total. The maximum absolute atomic E-state index is 5.98. The zero-order valence-corrected chi connectivity index (χ0v) is 19.4. The van der Waals surface area contributed by atoms with E-state index in [1.54, 1.807) is 22.7 Å². The van der Waals surface area contributed by atoms with Gasteiger partial charge in [-0.15, -0.1) is 0 Å². The van der Waals surface area contributed by atoms with Crippen LogP contribution >= 0.6 is 22.7 Å². The van der Waals surface area contributed by atoms with E-state index in [0.29, 0.717) is 15.7 Å². The molecule has 4 nitrogen and oxygen atoms in total. The first-order valence-corrected chi connectivity index (χ1v) is 12.2. The van der Waals surface area contributed by atoms with E-state index < -0.39 is 0 Å². The van der Waals surface area contributed by atoms with Crippen LogP contribution in [0.25, 0.3) is 20.4 Å². The molecule has 6 heteroatoms. The fourth-order valence-corrected chi connectivity index (χ4v) is 6.75. The van der Waals surface area contributed by atoms with Crippen LogP contribution in [-0.2, 0) is 5.41 Å². The fourth-order valence-electron chi connectivity index (χ4n) is 5.20. The molecule has 1 aliphatic carbocycles. The zero-order valence-electron chi connectivity index (χ0n) is 17.7. The van der Waals surface area contributed by atoms with Crippen molar-refractivity contribution in [2.24, 2.45) is 11.3 Å². The number of aromatic nitrogens is 2. The Hall–Kier alpha value is -2.18. The molecule has 2 aromatic heterocycles. The molecule has 30 heavy (non-hydrogen) atoms. The molecule has 0 saturated heterocycles. The summed E-state index contributed by atoms with van der Waals surface area (Å²) in [6, 6.07) is 13.5. The van der Waals surface area contributed by atoms with Gasteiger partial charge in [0.05, 0.1) is 20.4 Å². The van der Waals surface area contributed by atoms with E-state index in [4.69, 9.17) is 11.5 Å². The predicted molar refractivity (Wildman–Crippen MR) is 130 cm³/mol. The van der Waals surface area contributed by atoms with Crippen LogP contribution in [0.15, 0.2) is 36.4 Å². The Morgan fingerprint density at radius 2 is 1.30 bits per heavy atom. The molecule has 1 aliphatic rings. The summed E-state index contributed by atoms with van der Waals surface area (Å²) in [5.74, 6) is 0.746. The van der Waals surface area contributed by atoms with Gasteiger partial charge in [-0.3, -0.25) is 0 Å². The van der Waals surface area contributed by atoms with Crippen LogP contribution in [0.2, 0.25) is 0 Å². The summed E-state index contributed by atoms with van der Waals surface area (Å²) in [5, 5.41) is 1.27. The number of hydrogen-bond donors (Lipinski definition) is 2. The Bertz CT molecular complexity index is 1140. The van der Waals surface area contributed by atoms with E-state index in [9.17, 15) is 0 Å². The summed E-state index contributed by atoms with van der Waals surface area (Å²) in [4.78, 5) is 8.92. The first-order valence-electron chi connectivity index (χ1n) is 10.6. The normalized spacial score (nSPS) is 17.7. The number of benzene rings is 2. The van der Waals surface area contributed by atoms with Gasteiger partial charge in [0.15, 0.2) is 10.3 Å². The monoisotopic (exact) mass is 436 g/mol. The van der Waals surface area contributed by atoms with Crippen LogP contribution in [0.1, 0.15) is 57.6 Å². The number of thiazole rings is 2. The van der Waals surface area contributed by atoms with Crippen molar-refractivity contribution in [3.63, 3.8) is 0 Å². The highest BCUT2D eigenvalue weighted by Gasteiger charge is 2.41. The second kappa shape index (κ2) is 6.92. The van der Waals surface area contributed by atoms with Crippen LogP contribution in [0, 0.1) is 11.3 Å². The van der Waals surface area contributed by atoms with Gasteiger partial charge >= 0.3 is 0 Å². The van der Waals surface area contributed by atoms with Gasteiger partial charge in [-0.05, 0) is 72.4 Å². The van der Waals surface area contributed by atoms with E-state index in [-0.39, 0.29) is 5.41 Å². The Labute approximate surface area is 185 Å². The van der Waals surface area contributed by atoms with Crippen molar-refractivity contribution in [3.05, 3.63) is 47.5 Å². The molecule has 0 amide bonds. The molecule has 156 valence electrons. The standard InChI is InChI=1S/C24H28N4S2/c1-23(2,3)14-8-10-24(11-9-14,15-4-6-17-19(12-15)29-21(25)27-17)16-5-7-18-20(13-16)30-22(26)28-18/h4-7,12-14H,8-11H2,1-3H3,(H2,25,27)(H2,26,28). The lowest BCUT2D eigenvalue weighted by Gasteiger charge is -2.45. The topological polar surface area (TPSA) is 77.8 Å². The van der Waals surface area contributed by atoms with E-state index in [1.165, 1.54) is 33.4 Å². The van der Waals surface area contributed by atoms with Gasteiger partial charge in [-0.1, -0.05) is 55.6 Å². The third-order valence-corrected chi connectivity index (χ3v) is 8.67. The van der Waals surface area contributed by atoms with Crippen molar-refractivity contribution < 1.29 is 0 Å². The number of fused-ring (bicyclic) bond motifs is 2. The SMILES string of the molecule is CC(C)(C)C1CCC(c2ccc3nc(N)sc3c2)(c2ccc3nc(N)sc3c2)CC1. The molecule has 0 aliphatic heterocycles. The molecular formula is C24H28N4S2. The van der Waals surface area contributed by atoms with Gasteiger partial charge in [0.25, 0.3) is 0 Å². The van der Waals surface area contributed by atoms with Crippen molar-refractivity contribution in [1.82, 2.24) is 9.97 Å². The molecule has 0 radical (unpaired) electrons. The summed E-state index contributed by atoms with van der Waals surface area (Å²) < 4.78 is 2.34. The van der Waals surface area contributed by atoms with E-state index in [2.05, 4.69) is 67.1 Å². The van der Waals surface area contributed by atoms with Crippen LogP contribution in [0.5, 0.6) is 0 Å². The second-order valence-corrected chi connectivity index (χ2v) is 11.8. The van der Waals surface area contributed by atoms with Crippen molar-refractivity contribution in [3.8, 4) is 0 Å². The molecular weight excluding hydrogens is 408 g/mol. The second-order valence-electron chi connectivity index (χ2n) is 9.69. The molecule has 0 spiro atoms. The largest absolute Gasteiger partial charge is 0.375 e. The maximum atomic E-state index is 5.98. The summed E-state index contributed by atoms with van der Waals surface area (Å²) in [7, 11) is 0. The average molecular weight is 437 g/mol. The van der Waals surface area contributed by atoms with Gasteiger partial charge in [-0.2, -0.15) is 0 Å². The average Bonchev–Trinajstić information content (AvgIpc) is 3.26. The number of anilines is 2. The Balaban J connectivity index is 1.64. The molecule has 2 heterocycles. The Kier molecular flexibility index (Phi) is 4.56. The van der Waals surface area contributed by atoms with E-state index in [0.717, 1.165) is 29.8 Å². The third kappa shape index (κ3) is 3.26. The summed E-state index contributed by atoms with van der Waals surface area (Å²) in [6.07, 6.45) is 4.76. The third-order valence-electron chi connectivity index (χ3n) is 6.98. The van der Waals surface area contributed by atoms with Gasteiger partial charge in [-0.25, -0.2) is 9.97 Å². The number of nitrogen functional groups attached to an aromatic ring is 2. The smallest absolute Gasteiger partial charge is 0.181 e.